The largest absolute Gasteiger partial charge is 0.310 e. The van der Waals surface area contributed by atoms with Gasteiger partial charge in [0.15, 0.2) is 0 Å². The van der Waals surface area contributed by atoms with Crippen LogP contribution in [0.2, 0.25) is 0 Å². The number of nitrogens with zero attached hydrogens (tertiary/aromatic N) is 3. The molecule has 0 atom stereocenters. The summed E-state index contributed by atoms with van der Waals surface area (Å²) >= 11 is 3.32. The van der Waals surface area contributed by atoms with Crippen molar-refractivity contribution >= 4 is 33.3 Å². The first-order valence-corrected chi connectivity index (χ1v) is 9.61. The first-order valence-electron chi connectivity index (χ1n) is 8.81. The first kappa shape index (κ1) is 19.4. The number of likely N-dealkylation sites (tertiary alicyclic amines) is 1. The highest BCUT2D eigenvalue weighted by atomic mass is 79.9. The average molecular weight is 433 g/mol. The molecule has 0 saturated carbocycles. The second-order valence-corrected chi connectivity index (χ2v) is 7.64. The molecule has 1 aliphatic heterocycles. The van der Waals surface area contributed by atoms with Crippen molar-refractivity contribution in [1.29, 1.82) is 0 Å². The van der Waals surface area contributed by atoms with Crippen molar-refractivity contribution in [3.63, 3.8) is 0 Å². The number of halogens is 1. The Labute approximate surface area is 166 Å². The molecular weight excluding hydrogens is 412 g/mol. The molecule has 2 aromatic rings. The van der Waals surface area contributed by atoms with E-state index in [1.165, 1.54) is 6.07 Å². The quantitative estimate of drug-likeness (QED) is 0.571. The Kier molecular flexibility index (Phi) is 6.18. The number of amides is 1. The topological polar surface area (TPSA) is 88.4 Å². The summed E-state index contributed by atoms with van der Waals surface area (Å²) in [6, 6.07) is 8.80. The molecule has 1 amide bonds. The van der Waals surface area contributed by atoms with E-state index in [1.54, 1.807) is 25.3 Å². The standard InChI is InChI=1S/C19H21BrN4O3/c1-13-15(3-2-4-17(13)24(26)27)12-23-9-7-14(8-10-23)19(25)22-18-6-5-16(20)11-21-18/h2-6,11,14H,7-10,12H2,1H3,(H,21,22,25). The minimum atomic E-state index is -0.342. The fraction of sp³-hybridized carbons (Fsp3) is 0.368. The highest BCUT2D eigenvalue weighted by Crippen LogP contribution is 2.25. The van der Waals surface area contributed by atoms with E-state index in [4.69, 9.17) is 0 Å². The highest BCUT2D eigenvalue weighted by molar-refractivity contribution is 9.10. The van der Waals surface area contributed by atoms with Crippen molar-refractivity contribution < 1.29 is 9.72 Å². The molecule has 8 heteroatoms. The average Bonchev–Trinajstić information content (AvgIpc) is 2.65. The van der Waals surface area contributed by atoms with Gasteiger partial charge in [0.25, 0.3) is 5.69 Å². The third-order valence-electron chi connectivity index (χ3n) is 4.95. The molecule has 1 aliphatic rings. The van der Waals surface area contributed by atoms with Crippen molar-refractivity contribution in [1.82, 2.24) is 9.88 Å². The Hall–Kier alpha value is -2.32. The molecule has 0 radical (unpaired) electrons. The van der Waals surface area contributed by atoms with Crippen LogP contribution in [-0.2, 0) is 11.3 Å². The van der Waals surface area contributed by atoms with Gasteiger partial charge in [-0.05, 0) is 66.5 Å². The van der Waals surface area contributed by atoms with Crippen molar-refractivity contribution in [3.8, 4) is 0 Å². The number of hydrogen-bond donors (Lipinski definition) is 1. The Morgan fingerprint density at radius 3 is 2.70 bits per heavy atom. The number of nitrogens with one attached hydrogen (secondary N) is 1. The van der Waals surface area contributed by atoms with E-state index in [0.717, 1.165) is 36.0 Å². The molecule has 142 valence electrons. The second-order valence-electron chi connectivity index (χ2n) is 6.72. The fourth-order valence-electron chi connectivity index (χ4n) is 3.31. The van der Waals surface area contributed by atoms with Crippen molar-refractivity contribution in [2.45, 2.75) is 26.3 Å². The smallest absolute Gasteiger partial charge is 0.272 e. The number of benzene rings is 1. The van der Waals surface area contributed by atoms with Gasteiger partial charge in [0.05, 0.1) is 4.92 Å². The van der Waals surface area contributed by atoms with E-state index in [9.17, 15) is 14.9 Å². The molecule has 1 saturated heterocycles. The van der Waals surface area contributed by atoms with Gasteiger partial charge in [-0.1, -0.05) is 12.1 Å². The Morgan fingerprint density at radius 2 is 2.07 bits per heavy atom. The Bertz CT molecular complexity index is 833. The van der Waals surface area contributed by atoms with Crippen LogP contribution >= 0.6 is 15.9 Å². The second kappa shape index (κ2) is 8.58. The van der Waals surface area contributed by atoms with Crippen LogP contribution in [0.15, 0.2) is 41.0 Å². The predicted octanol–water partition coefficient (Wildman–Crippen LogP) is 3.91. The maximum atomic E-state index is 12.4. The molecule has 2 heterocycles. The molecule has 0 spiro atoms. The van der Waals surface area contributed by atoms with Crippen LogP contribution in [0.4, 0.5) is 11.5 Å². The summed E-state index contributed by atoms with van der Waals surface area (Å²) in [6.07, 6.45) is 3.17. The molecule has 1 aromatic carbocycles. The lowest BCUT2D eigenvalue weighted by Gasteiger charge is -2.31. The van der Waals surface area contributed by atoms with E-state index in [0.29, 0.717) is 17.9 Å². The monoisotopic (exact) mass is 432 g/mol. The van der Waals surface area contributed by atoms with Gasteiger partial charge in [-0.25, -0.2) is 4.98 Å². The molecule has 27 heavy (non-hydrogen) atoms. The lowest BCUT2D eigenvalue weighted by atomic mass is 9.95. The molecule has 3 rings (SSSR count). The Balaban J connectivity index is 1.54. The summed E-state index contributed by atoms with van der Waals surface area (Å²) in [5.74, 6) is 0.506. The van der Waals surface area contributed by atoms with Crippen molar-refractivity contribution in [2.24, 2.45) is 5.92 Å². The SMILES string of the molecule is Cc1c(CN2CCC(C(=O)Nc3ccc(Br)cn3)CC2)cccc1[N+](=O)[O-]. The molecule has 0 unspecified atom stereocenters. The van der Waals surface area contributed by atoms with Crippen molar-refractivity contribution in [3.05, 3.63) is 62.2 Å². The zero-order chi connectivity index (χ0) is 19.4. The molecule has 1 aromatic heterocycles. The van der Waals surface area contributed by atoms with E-state index in [-0.39, 0.29) is 22.4 Å². The minimum Gasteiger partial charge on any atom is -0.310 e. The summed E-state index contributed by atoms with van der Waals surface area (Å²) < 4.78 is 0.866. The third-order valence-corrected chi connectivity index (χ3v) is 5.41. The van der Waals surface area contributed by atoms with Gasteiger partial charge in [0, 0.05) is 34.8 Å². The van der Waals surface area contributed by atoms with Crippen LogP contribution in [0, 0.1) is 23.0 Å². The molecule has 1 N–H and O–H groups in total. The lowest BCUT2D eigenvalue weighted by Crippen LogP contribution is -2.38. The summed E-state index contributed by atoms with van der Waals surface area (Å²) in [4.78, 5) is 29.6. The van der Waals surface area contributed by atoms with Gasteiger partial charge in [-0.2, -0.15) is 0 Å². The fourth-order valence-corrected chi connectivity index (χ4v) is 3.55. The van der Waals surface area contributed by atoms with Crippen LogP contribution in [-0.4, -0.2) is 33.8 Å². The van der Waals surface area contributed by atoms with Gasteiger partial charge in [-0.3, -0.25) is 19.8 Å². The molecule has 1 fully saturated rings. The summed E-state index contributed by atoms with van der Waals surface area (Å²) in [5, 5.41) is 14.0. The van der Waals surface area contributed by atoms with E-state index in [1.807, 2.05) is 12.1 Å². The maximum Gasteiger partial charge on any atom is 0.272 e. The number of carbonyl (C=O) groups excluding carboxylic acids is 1. The molecule has 0 aliphatic carbocycles. The van der Waals surface area contributed by atoms with Crippen LogP contribution < -0.4 is 5.32 Å². The van der Waals surface area contributed by atoms with Gasteiger partial charge in [-0.15, -0.1) is 0 Å². The number of hydrogen-bond acceptors (Lipinski definition) is 5. The minimum absolute atomic E-state index is 0.00370. The van der Waals surface area contributed by atoms with Crippen LogP contribution in [0.1, 0.15) is 24.0 Å². The van der Waals surface area contributed by atoms with Crippen LogP contribution in [0.3, 0.4) is 0 Å². The number of nitro groups is 1. The van der Waals surface area contributed by atoms with E-state index < -0.39 is 0 Å². The first-order chi connectivity index (χ1) is 12.9. The third kappa shape index (κ3) is 4.90. The van der Waals surface area contributed by atoms with Crippen LogP contribution in [0.5, 0.6) is 0 Å². The summed E-state index contributed by atoms with van der Waals surface area (Å²) in [6.45, 7) is 4.02. The number of rotatable bonds is 5. The lowest BCUT2D eigenvalue weighted by molar-refractivity contribution is -0.385. The van der Waals surface area contributed by atoms with Crippen molar-refractivity contribution in [2.75, 3.05) is 18.4 Å². The summed E-state index contributed by atoms with van der Waals surface area (Å²) in [5.41, 5.74) is 1.83. The number of anilines is 1. The van der Waals surface area contributed by atoms with Gasteiger partial charge >= 0.3 is 0 Å². The normalized spacial score (nSPS) is 15.5. The zero-order valence-electron chi connectivity index (χ0n) is 15.0. The molecular formula is C19H21BrN4O3. The highest BCUT2D eigenvalue weighted by Gasteiger charge is 2.26. The van der Waals surface area contributed by atoms with Gasteiger partial charge in [0.2, 0.25) is 5.91 Å². The van der Waals surface area contributed by atoms with Gasteiger partial charge in [0.1, 0.15) is 5.82 Å². The number of aromatic nitrogens is 1. The van der Waals surface area contributed by atoms with Crippen LogP contribution in [0.25, 0.3) is 0 Å². The number of nitro benzene ring substituents is 1. The van der Waals surface area contributed by atoms with Gasteiger partial charge < -0.3 is 5.32 Å². The molecule has 7 nitrogen and oxygen atoms in total. The predicted molar refractivity (Wildman–Crippen MR) is 106 cm³/mol. The maximum absolute atomic E-state index is 12.4. The summed E-state index contributed by atoms with van der Waals surface area (Å²) in [7, 11) is 0. The number of pyridine rings is 1. The molecule has 0 bridgehead atoms. The number of piperidine rings is 1. The van der Waals surface area contributed by atoms with E-state index in [2.05, 4.69) is 31.1 Å². The van der Waals surface area contributed by atoms with E-state index >= 15 is 0 Å². The number of carbonyl (C=O) groups is 1. The zero-order valence-corrected chi connectivity index (χ0v) is 16.6. The Morgan fingerprint density at radius 1 is 1.33 bits per heavy atom.